The number of aromatic amines is 1. The van der Waals surface area contributed by atoms with Crippen LogP contribution < -0.4 is 14.8 Å². The van der Waals surface area contributed by atoms with Crippen LogP contribution in [0.5, 0.6) is 11.5 Å². The topological polar surface area (TPSA) is 63.4 Å². The van der Waals surface area contributed by atoms with E-state index < -0.39 is 0 Å². The van der Waals surface area contributed by atoms with Crippen LogP contribution in [-0.4, -0.2) is 25.1 Å². The number of carbonyl (C=O) groups excluding carboxylic acids is 1. The van der Waals surface area contributed by atoms with E-state index in [1.54, 1.807) is 14.2 Å². The number of nitrogens with one attached hydrogen (secondary N) is 2. The lowest BCUT2D eigenvalue weighted by Crippen LogP contribution is -2.28. The Morgan fingerprint density at radius 2 is 1.71 bits per heavy atom. The summed E-state index contributed by atoms with van der Waals surface area (Å²) in [6, 6.07) is 22.2. The molecule has 0 fully saturated rings. The summed E-state index contributed by atoms with van der Waals surface area (Å²) in [6.07, 6.45) is 3.29. The van der Waals surface area contributed by atoms with E-state index in [1.807, 2.05) is 61.7 Å². The lowest BCUT2D eigenvalue weighted by Gasteiger charge is -2.21. The lowest BCUT2D eigenvalue weighted by molar-refractivity contribution is -0.121. The summed E-state index contributed by atoms with van der Waals surface area (Å²) in [5.41, 5.74) is 5.57. The maximum absolute atomic E-state index is 13.3. The molecule has 5 nitrogen and oxygen atoms in total. The van der Waals surface area contributed by atoms with E-state index in [0.29, 0.717) is 17.9 Å². The van der Waals surface area contributed by atoms with Crippen molar-refractivity contribution in [2.45, 2.75) is 38.6 Å². The van der Waals surface area contributed by atoms with Crippen LogP contribution in [0.15, 0.2) is 72.9 Å². The van der Waals surface area contributed by atoms with Crippen molar-refractivity contribution < 1.29 is 14.3 Å². The first-order chi connectivity index (χ1) is 16.5. The van der Waals surface area contributed by atoms with Crippen molar-refractivity contribution >= 4 is 16.8 Å². The van der Waals surface area contributed by atoms with Crippen molar-refractivity contribution in [3.05, 3.63) is 95.2 Å². The normalized spacial score (nSPS) is 12.8. The number of ether oxygens (including phenoxy) is 2. The summed E-state index contributed by atoms with van der Waals surface area (Å²) in [5.74, 6) is 1.16. The fourth-order valence-electron chi connectivity index (χ4n) is 4.61. The minimum atomic E-state index is -0.149. The smallest absolute Gasteiger partial charge is 0.221 e. The summed E-state index contributed by atoms with van der Waals surface area (Å²) < 4.78 is 11.0. The predicted molar refractivity (Wildman–Crippen MR) is 137 cm³/mol. The van der Waals surface area contributed by atoms with Crippen LogP contribution in [0.4, 0.5) is 0 Å². The molecule has 5 heteroatoms. The average Bonchev–Trinajstić information content (AvgIpc) is 3.31. The molecular formula is C29H32N2O3. The van der Waals surface area contributed by atoms with Crippen molar-refractivity contribution in [2.24, 2.45) is 0 Å². The highest BCUT2D eigenvalue weighted by Crippen LogP contribution is 2.38. The summed E-state index contributed by atoms with van der Waals surface area (Å²) in [5, 5.41) is 4.32. The highest BCUT2D eigenvalue weighted by Gasteiger charge is 2.24. The van der Waals surface area contributed by atoms with Gasteiger partial charge in [-0.05, 0) is 47.7 Å². The van der Waals surface area contributed by atoms with Crippen LogP contribution in [0.2, 0.25) is 0 Å². The van der Waals surface area contributed by atoms with Gasteiger partial charge in [-0.25, -0.2) is 0 Å². The third kappa shape index (κ3) is 4.79. The van der Waals surface area contributed by atoms with Gasteiger partial charge in [-0.1, -0.05) is 61.5 Å². The molecule has 34 heavy (non-hydrogen) atoms. The monoisotopic (exact) mass is 456 g/mol. The highest BCUT2D eigenvalue weighted by molar-refractivity contribution is 5.88. The molecule has 0 bridgehead atoms. The molecule has 2 N–H and O–H groups in total. The molecule has 4 aromatic rings. The van der Waals surface area contributed by atoms with Crippen LogP contribution in [0.25, 0.3) is 10.9 Å². The molecule has 0 radical (unpaired) electrons. The first kappa shape index (κ1) is 23.4. The minimum absolute atomic E-state index is 0.00265. The fraction of sp³-hybridized carbons (Fsp3) is 0.276. The Labute approximate surface area is 201 Å². The zero-order valence-electron chi connectivity index (χ0n) is 20.2. The number of aromatic nitrogens is 1. The third-order valence-corrected chi connectivity index (χ3v) is 6.47. The molecule has 0 unspecified atom stereocenters. The van der Waals surface area contributed by atoms with Crippen LogP contribution in [0, 0.1) is 0 Å². The quantitative estimate of drug-likeness (QED) is 0.318. The Kier molecular flexibility index (Phi) is 7.21. The molecule has 0 aliphatic heterocycles. The van der Waals surface area contributed by atoms with Gasteiger partial charge in [-0.15, -0.1) is 0 Å². The van der Waals surface area contributed by atoms with Crippen molar-refractivity contribution in [3.63, 3.8) is 0 Å². The number of benzene rings is 3. The molecule has 1 aromatic heterocycles. The molecule has 1 amide bonds. The Balaban J connectivity index is 1.71. The largest absolute Gasteiger partial charge is 0.493 e. The van der Waals surface area contributed by atoms with E-state index in [9.17, 15) is 4.79 Å². The van der Waals surface area contributed by atoms with E-state index in [1.165, 1.54) is 5.56 Å². The molecular weight excluding hydrogens is 424 g/mol. The van der Waals surface area contributed by atoms with Crippen molar-refractivity contribution in [2.75, 3.05) is 14.2 Å². The van der Waals surface area contributed by atoms with Gasteiger partial charge in [0.1, 0.15) is 0 Å². The molecule has 0 spiro atoms. The molecule has 0 saturated carbocycles. The number of amides is 1. The molecule has 4 rings (SSSR count). The van der Waals surface area contributed by atoms with Crippen LogP contribution in [0.3, 0.4) is 0 Å². The number of hydrogen-bond acceptors (Lipinski definition) is 3. The van der Waals surface area contributed by atoms with Crippen molar-refractivity contribution in [3.8, 4) is 11.5 Å². The number of fused-ring (bicyclic) bond motifs is 1. The molecule has 0 saturated heterocycles. The fourth-order valence-corrected chi connectivity index (χ4v) is 4.61. The summed E-state index contributed by atoms with van der Waals surface area (Å²) in [6.45, 7) is 4.16. The Morgan fingerprint density at radius 1 is 0.941 bits per heavy atom. The number of carbonyl (C=O) groups is 1. The van der Waals surface area contributed by atoms with Gasteiger partial charge in [0.2, 0.25) is 5.91 Å². The van der Waals surface area contributed by atoms with Crippen molar-refractivity contribution in [1.29, 1.82) is 0 Å². The third-order valence-electron chi connectivity index (χ3n) is 6.47. The zero-order chi connectivity index (χ0) is 24.1. The first-order valence-corrected chi connectivity index (χ1v) is 11.7. The standard InChI is InChI=1S/C29H32N2O3/c1-5-20-12-9-13-23-25(18-30-29(20)23)24(22-14-15-26(33-3)27(16-22)34-4)17-28(32)31-19(2)21-10-7-6-8-11-21/h6-16,18-19,24,30H,5,17H2,1-4H3,(H,31,32)/t19-,24+/m1/s1. The average molecular weight is 457 g/mol. The maximum atomic E-state index is 13.3. The Morgan fingerprint density at radius 3 is 2.41 bits per heavy atom. The number of para-hydroxylation sites is 1. The van der Waals surface area contributed by atoms with Crippen molar-refractivity contribution in [1.82, 2.24) is 10.3 Å². The minimum Gasteiger partial charge on any atom is -0.493 e. The van der Waals surface area contributed by atoms with Crippen LogP contribution >= 0.6 is 0 Å². The number of hydrogen-bond donors (Lipinski definition) is 2. The van der Waals surface area contributed by atoms with Gasteiger partial charge in [0, 0.05) is 29.4 Å². The molecule has 0 aliphatic carbocycles. The molecule has 1 heterocycles. The SMILES string of the molecule is CCc1cccc2c([C@@H](CC(=O)N[C@H](C)c3ccccc3)c3ccc(OC)c(OC)c3)c[nH]c12. The summed E-state index contributed by atoms with van der Waals surface area (Å²) in [4.78, 5) is 16.7. The molecule has 3 aromatic carbocycles. The van der Waals surface area contributed by atoms with Gasteiger partial charge in [0.05, 0.1) is 20.3 Å². The predicted octanol–water partition coefficient (Wildman–Crippen LogP) is 6.15. The van der Waals surface area contributed by atoms with E-state index in [2.05, 4.69) is 35.4 Å². The van der Waals surface area contributed by atoms with E-state index >= 15 is 0 Å². The molecule has 0 aliphatic rings. The number of aryl methyl sites for hydroxylation is 1. The summed E-state index contributed by atoms with van der Waals surface area (Å²) >= 11 is 0. The van der Waals surface area contributed by atoms with Gasteiger partial charge in [-0.3, -0.25) is 4.79 Å². The second kappa shape index (κ2) is 10.5. The number of methoxy groups -OCH3 is 2. The first-order valence-electron chi connectivity index (χ1n) is 11.7. The van der Waals surface area contributed by atoms with Gasteiger partial charge in [0.25, 0.3) is 0 Å². The second-order valence-corrected chi connectivity index (χ2v) is 8.51. The zero-order valence-corrected chi connectivity index (χ0v) is 20.2. The Bertz CT molecular complexity index is 1260. The Hall–Kier alpha value is -3.73. The van der Waals surface area contributed by atoms with Gasteiger partial charge < -0.3 is 19.8 Å². The van der Waals surface area contributed by atoms with Gasteiger partial charge >= 0.3 is 0 Å². The van der Waals surface area contributed by atoms with Gasteiger partial charge in [-0.2, -0.15) is 0 Å². The van der Waals surface area contributed by atoms with Crippen LogP contribution in [-0.2, 0) is 11.2 Å². The second-order valence-electron chi connectivity index (χ2n) is 8.51. The van der Waals surface area contributed by atoms with E-state index in [4.69, 9.17) is 9.47 Å². The highest BCUT2D eigenvalue weighted by atomic mass is 16.5. The van der Waals surface area contributed by atoms with E-state index in [0.717, 1.165) is 34.0 Å². The number of rotatable bonds is 9. The van der Waals surface area contributed by atoms with E-state index in [-0.39, 0.29) is 17.9 Å². The number of H-pyrrole nitrogens is 1. The molecule has 2 atom stereocenters. The lowest BCUT2D eigenvalue weighted by atomic mass is 9.87. The maximum Gasteiger partial charge on any atom is 0.221 e. The van der Waals surface area contributed by atoms with Crippen LogP contribution in [0.1, 0.15) is 54.5 Å². The summed E-state index contributed by atoms with van der Waals surface area (Å²) in [7, 11) is 3.25. The van der Waals surface area contributed by atoms with Gasteiger partial charge in [0.15, 0.2) is 11.5 Å². The molecule has 176 valence electrons.